The van der Waals surface area contributed by atoms with E-state index in [1.165, 1.54) is 4.90 Å². The molecule has 0 radical (unpaired) electrons. The summed E-state index contributed by atoms with van der Waals surface area (Å²) in [5, 5.41) is 1.90. The number of carbonyl (C=O) groups is 2. The number of fused-ring (bicyclic) bond motifs is 1. The van der Waals surface area contributed by atoms with Crippen LogP contribution in [0.15, 0.2) is 48.5 Å². The SMILES string of the molecule is O=C1C[C@@H]([NH2+]Cc2ccc3c(c2)OCO3)C(=O)N1c1ccccc1. The molecule has 1 saturated heterocycles. The van der Waals surface area contributed by atoms with Gasteiger partial charge in [-0.2, -0.15) is 0 Å². The van der Waals surface area contributed by atoms with Crippen molar-refractivity contribution in [1.82, 2.24) is 0 Å². The number of ether oxygens (including phenoxy) is 2. The normalized spacial score (nSPS) is 19.2. The monoisotopic (exact) mass is 325 g/mol. The van der Waals surface area contributed by atoms with Gasteiger partial charge in [0, 0.05) is 5.56 Å². The Morgan fingerprint density at radius 2 is 1.83 bits per heavy atom. The molecule has 0 saturated carbocycles. The van der Waals surface area contributed by atoms with Crippen LogP contribution in [-0.4, -0.2) is 24.6 Å². The number of amides is 2. The third kappa shape index (κ3) is 2.61. The molecule has 4 rings (SSSR count). The summed E-state index contributed by atoms with van der Waals surface area (Å²) < 4.78 is 10.6. The standard InChI is InChI=1S/C18H16N2O4/c21-17-9-14(18(22)20(17)13-4-2-1-3-5-13)19-10-12-6-7-15-16(8-12)24-11-23-15/h1-8,14,19H,9-11H2/p+1/t14-/m1/s1. The minimum atomic E-state index is -0.386. The summed E-state index contributed by atoms with van der Waals surface area (Å²) in [5.41, 5.74) is 1.66. The maximum atomic E-state index is 12.6. The van der Waals surface area contributed by atoms with Gasteiger partial charge in [0.05, 0.1) is 12.1 Å². The fraction of sp³-hybridized carbons (Fsp3) is 0.222. The number of para-hydroxylation sites is 1. The van der Waals surface area contributed by atoms with Gasteiger partial charge in [-0.1, -0.05) is 18.2 Å². The summed E-state index contributed by atoms with van der Waals surface area (Å²) in [6.45, 7) is 0.840. The van der Waals surface area contributed by atoms with E-state index in [-0.39, 0.29) is 31.1 Å². The molecule has 0 bridgehead atoms. The molecule has 2 N–H and O–H groups in total. The number of hydrogen-bond donors (Lipinski definition) is 1. The van der Waals surface area contributed by atoms with Gasteiger partial charge in [-0.05, 0) is 30.3 Å². The number of benzene rings is 2. The summed E-state index contributed by atoms with van der Waals surface area (Å²) in [6, 6.07) is 14.4. The average Bonchev–Trinajstić information content (AvgIpc) is 3.17. The lowest BCUT2D eigenvalue weighted by molar-refractivity contribution is -0.690. The molecule has 2 aliphatic rings. The van der Waals surface area contributed by atoms with Gasteiger partial charge in [-0.3, -0.25) is 9.59 Å². The maximum Gasteiger partial charge on any atom is 0.292 e. The highest BCUT2D eigenvalue weighted by Crippen LogP contribution is 2.32. The number of anilines is 1. The van der Waals surface area contributed by atoms with E-state index in [9.17, 15) is 9.59 Å². The van der Waals surface area contributed by atoms with Crippen molar-refractivity contribution in [2.75, 3.05) is 11.7 Å². The molecule has 6 nitrogen and oxygen atoms in total. The lowest BCUT2D eigenvalue weighted by Gasteiger charge is -2.14. The summed E-state index contributed by atoms with van der Waals surface area (Å²) in [6.07, 6.45) is 0.221. The first-order valence-electron chi connectivity index (χ1n) is 7.86. The third-order valence-electron chi connectivity index (χ3n) is 4.27. The first kappa shape index (κ1) is 14.7. The Bertz CT molecular complexity index is 791. The molecule has 0 unspecified atom stereocenters. The average molecular weight is 325 g/mol. The Morgan fingerprint density at radius 1 is 1.04 bits per heavy atom. The zero-order valence-electron chi connectivity index (χ0n) is 13.0. The molecule has 0 spiro atoms. The smallest absolute Gasteiger partial charge is 0.292 e. The second-order valence-electron chi connectivity index (χ2n) is 5.84. The van der Waals surface area contributed by atoms with Crippen LogP contribution in [0.25, 0.3) is 0 Å². The molecule has 1 atom stereocenters. The van der Waals surface area contributed by atoms with Gasteiger partial charge in [0.1, 0.15) is 6.54 Å². The molecule has 6 heteroatoms. The van der Waals surface area contributed by atoms with Crippen molar-refractivity contribution in [3.8, 4) is 11.5 Å². The van der Waals surface area contributed by atoms with Gasteiger partial charge in [0.2, 0.25) is 12.7 Å². The second-order valence-corrected chi connectivity index (χ2v) is 5.84. The van der Waals surface area contributed by atoms with Crippen molar-refractivity contribution in [3.63, 3.8) is 0 Å². The zero-order valence-corrected chi connectivity index (χ0v) is 13.0. The quantitative estimate of drug-likeness (QED) is 0.845. The van der Waals surface area contributed by atoms with E-state index in [4.69, 9.17) is 9.47 Å². The number of rotatable bonds is 4. The highest BCUT2D eigenvalue weighted by atomic mass is 16.7. The van der Waals surface area contributed by atoms with Gasteiger partial charge in [0.25, 0.3) is 5.91 Å². The Morgan fingerprint density at radius 3 is 2.67 bits per heavy atom. The van der Waals surface area contributed by atoms with Gasteiger partial charge < -0.3 is 14.8 Å². The van der Waals surface area contributed by atoms with Crippen molar-refractivity contribution in [1.29, 1.82) is 0 Å². The van der Waals surface area contributed by atoms with Crippen molar-refractivity contribution < 1.29 is 24.4 Å². The molecule has 2 aromatic rings. The van der Waals surface area contributed by atoms with Crippen LogP contribution in [0.4, 0.5) is 5.69 Å². The predicted molar refractivity (Wildman–Crippen MR) is 85.5 cm³/mol. The number of imide groups is 1. The van der Waals surface area contributed by atoms with Crippen LogP contribution >= 0.6 is 0 Å². The van der Waals surface area contributed by atoms with E-state index in [0.717, 1.165) is 17.1 Å². The summed E-state index contributed by atoms with van der Waals surface area (Å²) >= 11 is 0. The highest BCUT2D eigenvalue weighted by molar-refractivity contribution is 6.21. The van der Waals surface area contributed by atoms with Crippen LogP contribution in [0.5, 0.6) is 11.5 Å². The van der Waals surface area contributed by atoms with Crippen molar-refractivity contribution in [2.24, 2.45) is 0 Å². The van der Waals surface area contributed by atoms with Gasteiger partial charge >= 0.3 is 0 Å². The molecule has 2 heterocycles. The van der Waals surface area contributed by atoms with E-state index in [1.54, 1.807) is 12.1 Å². The number of carbonyl (C=O) groups excluding carboxylic acids is 2. The highest BCUT2D eigenvalue weighted by Gasteiger charge is 2.42. The van der Waals surface area contributed by atoms with E-state index in [1.807, 2.05) is 41.7 Å². The van der Waals surface area contributed by atoms with E-state index in [0.29, 0.717) is 12.2 Å². The van der Waals surface area contributed by atoms with Crippen molar-refractivity contribution >= 4 is 17.5 Å². The summed E-state index contributed by atoms with van der Waals surface area (Å²) in [7, 11) is 0. The lowest BCUT2D eigenvalue weighted by Crippen LogP contribution is -2.90. The molecular weight excluding hydrogens is 308 g/mol. The lowest BCUT2D eigenvalue weighted by atomic mass is 10.1. The molecule has 1 fully saturated rings. The Hall–Kier alpha value is -2.86. The molecule has 0 aromatic heterocycles. The van der Waals surface area contributed by atoms with Crippen LogP contribution < -0.4 is 19.7 Å². The van der Waals surface area contributed by atoms with Crippen molar-refractivity contribution in [3.05, 3.63) is 54.1 Å². The zero-order chi connectivity index (χ0) is 16.5. The molecule has 2 amide bonds. The van der Waals surface area contributed by atoms with Crippen molar-refractivity contribution in [2.45, 2.75) is 19.0 Å². The second kappa shape index (κ2) is 5.98. The van der Waals surface area contributed by atoms with Crippen LogP contribution in [0.3, 0.4) is 0 Å². The van der Waals surface area contributed by atoms with Gasteiger partial charge in [-0.15, -0.1) is 0 Å². The minimum Gasteiger partial charge on any atom is -0.454 e. The topological polar surface area (TPSA) is 72.5 Å². The fourth-order valence-corrected chi connectivity index (χ4v) is 3.03. The van der Waals surface area contributed by atoms with Gasteiger partial charge in [0.15, 0.2) is 17.5 Å². The maximum absolute atomic E-state index is 12.6. The molecule has 0 aliphatic carbocycles. The van der Waals surface area contributed by atoms with E-state index >= 15 is 0 Å². The largest absolute Gasteiger partial charge is 0.454 e. The molecule has 2 aliphatic heterocycles. The number of hydrogen-bond acceptors (Lipinski definition) is 4. The van der Waals surface area contributed by atoms with Gasteiger partial charge in [-0.25, -0.2) is 4.90 Å². The summed E-state index contributed by atoms with van der Waals surface area (Å²) in [4.78, 5) is 26.0. The van der Waals surface area contributed by atoms with Crippen LogP contribution in [0.1, 0.15) is 12.0 Å². The molecule has 2 aromatic carbocycles. The Kier molecular flexibility index (Phi) is 3.66. The molecule has 122 valence electrons. The minimum absolute atomic E-state index is 0.155. The number of quaternary nitrogens is 1. The Labute approximate surface area is 139 Å². The van der Waals surface area contributed by atoms with Crippen LogP contribution in [0, 0.1) is 0 Å². The molecule has 24 heavy (non-hydrogen) atoms. The number of nitrogens with two attached hydrogens (primary N) is 1. The molecular formula is C18H17N2O4+. The van der Waals surface area contributed by atoms with E-state index in [2.05, 4.69) is 0 Å². The predicted octanol–water partition coefficient (Wildman–Crippen LogP) is 0.811. The fourth-order valence-electron chi connectivity index (χ4n) is 3.03. The first-order valence-corrected chi connectivity index (χ1v) is 7.86. The van der Waals surface area contributed by atoms with Crippen LogP contribution in [-0.2, 0) is 16.1 Å². The van der Waals surface area contributed by atoms with E-state index < -0.39 is 0 Å². The summed E-state index contributed by atoms with van der Waals surface area (Å²) in [5.74, 6) is 1.15. The Balaban J connectivity index is 1.44. The third-order valence-corrected chi connectivity index (χ3v) is 4.27. The first-order chi connectivity index (χ1) is 11.7. The number of nitrogens with zero attached hydrogens (tertiary/aromatic N) is 1. The van der Waals surface area contributed by atoms with Crippen LogP contribution in [0.2, 0.25) is 0 Å².